The summed E-state index contributed by atoms with van der Waals surface area (Å²) in [4.78, 5) is 24.1. The zero-order valence-corrected chi connectivity index (χ0v) is 13.6. The highest BCUT2D eigenvalue weighted by Crippen LogP contribution is 2.32. The van der Waals surface area contributed by atoms with Crippen molar-refractivity contribution in [2.24, 2.45) is 0 Å². The number of benzene rings is 2. The Morgan fingerprint density at radius 1 is 1.19 bits per heavy atom. The van der Waals surface area contributed by atoms with Crippen LogP contribution in [0.2, 0.25) is 0 Å². The number of hydrogen-bond acceptors (Lipinski definition) is 4. The Balaban J connectivity index is 1.62. The van der Waals surface area contributed by atoms with Gasteiger partial charge in [-0.25, -0.2) is 9.18 Å². The number of nitrogens with one attached hydrogen (secondary N) is 2. The van der Waals surface area contributed by atoms with Crippen molar-refractivity contribution in [3.05, 3.63) is 64.2 Å². The molecule has 1 saturated heterocycles. The van der Waals surface area contributed by atoms with Crippen LogP contribution in [0.1, 0.15) is 6.42 Å². The molecule has 0 saturated carbocycles. The highest BCUT2D eigenvalue weighted by molar-refractivity contribution is 5.89. The predicted molar refractivity (Wildman–Crippen MR) is 92.2 cm³/mol. The van der Waals surface area contributed by atoms with Gasteiger partial charge in [0.05, 0.1) is 4.92 Å². The number of nitro benzene ring substituents is 1. The minimum atomic E-state index is -0.891. The van der Waals surface area contributed by atoms with Crippen LogP contribution in [0.5, 0.6) is 0 Å². The number of urea groups is 1. The van der Waals surface area contributed by atoms with Crippen molar-refractivity contribution in [1.29, 1.82) is 0 Å². The van der Waals surface area contributed by atoms with Gasteiger partial charge in [-0.1, -0.05) is 6.07 Å². The van der Waals surface area contributed by atoms with Gasteiger partial charge in [0.15, 0.2) is 0 Å². The molecule has 7 nitrogen and oxygen atoms in total. The number of nitro groups is 1. The van der Waals surface area contributed by atoms with Gasteiger partial charge >= 0.3 is 11.7 Å². The van der Waals surface area contributed by atoms with Crippen LogP contribution in [0.25, 0.3) is 0 Å². The Bertz CT molecular complexity index is 829. The third-order valence-electron chi connectivity index (χ3n) is 4.11. The van der Waals surface area contributed by atoms with Crippen molar-refractivity contribution in [3.63, 3.8) is 0 Å². The average Bonchev–Trinajstić information content (AvgIpc) is 3.04. The Morgan fingerprint density at radius 2 is 1.92 bits per heavy atom. The van der Waals surface area contributed by atoms with Gasteiger partial charge in [-0.3, -0.25) is 10.1 Å². The van der Waals surface area contributed by atoms with E-state index in [0.29, 0.717) is 25.2 Å². The molecule has 0 bridgehead atoms. The van der Waals surface area contributed by atoms with E-state index >= 15 is 0 Å². The molecule has 2 aromatic rings. The topological polar surface area (TPSA) is 87.5 Å². The summed E-state index contributed by atoms with van der Waals surface area (Å²) in [5, 5.41) is 16.5. The molecule has 2 amide bonds. The van der Waals surface area contributed by atoms with Crippen molar-refractivity contribution < 1.29 is 18.5 Å². The monoisotopic (exact) mass is 362 g/mol. The van der Waals surface area contributed by atoms with E-state index in [-0.39, 0.29) is 11.7 Å². The molecule has 0 spiro atoms. The molecule has 9 heteroatoms. The number of carbonyl (C=O) groups is 1. The number of hydrogen-bond donors (Lipinski definition) is 2. The summed E-state index contributed by atoms with van der Waals surface area (Å²) in [6.07, 6.45) is 0.560. The summed E-state index contributed by atoms with van der Waals surface area (Å²) >= 11 is 0. The highest BCUT2D eigenvalue weighted by atomic mass is 19.1. The summed E-state index contributed by atoms with van der Waals surface area (Å²) in [6, 6.07) is 8.57. The van der Waals surface area contributed by atoms with Gasteiger partial charge in [0.1, 0.15) is 11.5 Å². The van der Waals surface area contributed by atoms with E-state index < -0.39 is 28.3 Å². The van der Waals surface area contributed by atoms with Gasteiger partial charge in [0.25, 0.3) is 0 Å². The number of carbonyl (C=O) groups excluding carboxylic acids is 1. The lowest BCUT2D eigenvalue weighted by molar-refractivity contribution is -0.386. The van der Waals surface area contributed by atoms with Crippen molar-refractivity contribution in [1.82, 2.24) is 5.32 Å². The second-order valence-corrected chi connectivity index (χ2v) is 5.90. The van der Waals surface area contributed by atoms with Crippen molar-refractivity contribution in [2.45, 2.75) is 12.5 Å². The summed E-state index contributed by atoms with van der Waals surface area (Å²) in [5.41, 5.74) is 0.0710. The van der Waals surface area contributed by atoms with Gasteiger partial charge in [0.2, 0.25) is 5.82 Å². The summed E-state index contributed by atoms with van der Waals surface area (Å²) in [6.45, 7) is 0.771. The molecule has 1 heterocycles. The Kier molecular flexibility index (Phi) is 4.97. The summed E-state index contributed by atoms with van der Waals surface area (Å²) in [5.74, 6) is -1.29. The van der Waals surface area contributed by atoms with E-state index in [2.05, 4.69) is 10.6 Å². The van der Waals surface area contributed by atoms with Crippen molar-refractivity contribution in [3.8, 4) is 0 Å². The van der Waals surface area contributed by atoms with Gasteiger partial charge in [-0.15, -0.1) is 0 Å². The van der Waals surface area contributed by atoms with Crippen LogP contribution in [-0.2, 0) is 0 Å². The Hall–Kier alpha value is -3.23. The number of nitrogens with zero attached hydrogens (tertiary/aromatic N) is 2. The van der Waals surface area contributed by atoms with Gasteiger partial charge < -0.3 is 15.5 Å². The molecule has 1 aliphatic rings. The first kappa shape index (κ1) is 17.6. The van der Waals surface area contributed by atoms with Gasteiger partial charge in [-0.05, 0) is 42.8 Å². The van der Waals surface area contributed by atoms with E-state index in [1.807, 2.05) is 0 Å². The molecule has 2 aromatic carbocycles. The van der Waals surface area contributed by atoms with Gasteiger partial charge in [0, 0.05) is 24.8 Å². The molecule has 0 radical (unpaired) electrons. The maximum Gasteiger partial charge on any atom is 0.327 e. The first-order valence-corrected chi connectivity index (χ1v) is 7.95. The fourth-order valence-corrected chi connectivity index (χ4v) is 2.92. The van der Waals surface area contributed by atoms with Crippen LogP contribution in [0.15, 0.2) is 42.5 Å². The van der Waals surface area contributed by atoms with Crippen LogP contribution < -0.4 is 15.5 Å². The number of halogens is 2. The first-order valence-electron chi connectivity index (χ1n) is 7.95. The Morgan fingerprint density at radius 3 is 2.62 bits per heavy atom. The maximum atomic E-state index is 13.8. The standard InChI is InChI=1S/C17H16F2N4O3/c18-11-4-6-12(7-5-11)20-17(24)21-13-8-9-22(10-13)15-3-1-2-14(19)16(15)23(25)26/h1-7,13H,8-10H2,(H2,20,21,24). The van der Waals surface area contributed by atoms with Crippen molar-refractivity contribution >= 4 is 23.1 Å². The van der Waals surface area contributed by atoms with Crippen LogP contribution in [0, 0.1) is 21.7 Å². The average molecular weight is 362 g/mol. The Labute approximate surface area is 147 Å². The largest absolute Gasteiger partial charge is 0.364 e. The van der Waals surface area contributed by atoms with Crippen LogP contribution >= 0.6 is 0 Å². The lowest BCUT2D eigenvalue weighted by Gasteiger charge is -2.19. The molecule has 1 unspecified atom stereocenters. The van der Waals surface area contributed by atoms with Gasteiger partial charge in [-0.2, -0.15) is 4.39 Å². The van der Waals surface area contributed by atoms with Crippen molar-refractivity contribution in [2.75, 3.05) is 23.3 Å². The van der Waals surface area contributed by atoms with E-state index in [4.69, 9.17) is 0 Å². The molecule has 3 rings (SSSR count). The first-order chi connectivity index (χ1) is 12.4. The molecule has 0 aromatic heterocycles. The van der Waals surface area contributed by atoms with E-state index in [9.17, 15) is 23.7 Å². The zero-order valence-electron chi connectivity index (χ0n) is 13.6. The fourth-order valence-electron chi connectivity index (χ4n) is 2.92. The van der Waals surface area contributed by atoms with Crippen LogP contribution in [0.4, 0.5) is 30.6 Å². The lowest BCUT2D eigenvalue weighted by Crippen LogP contribution is -2.39. The molecule has 0 aliphatic carbocycles. The summed E-state index contributed by atoms with van der Waals surface area (Å²) < 4.78 is 26.6. The van der Waals surface area contributed by atoms with E-state index in [1.165, 1.54) is 36.4 Å². The molecule has 136 valence electrons. The molecule has 1 aliphatic heterocycles. The highest BCUT2D eigenvalue weighted by Gasteiger charge is 2.30. The van der Waals surface area contributed by atoms with Crippen LogP contribution in [0.3, 0.4) is 0 Å². The lowest BCUT2D eigenvalue weighted by atomic mass is 10.2. The zero-order chi connectivity index (χ0) is 18.7. The SMILES string of the molecule is O=C(Nc1ccc(F)cc1)NC1CCN(c2cccc(F)c2[N+](=O)[O-])C1. The minimum Gasteiger partial charge on any atom is -0.364 e. The smallest absolute Gasteiger partial charge is 0.327 e. The predicted octanol–water partition coefficient (Wildman–Crippen LogP) is 3.27. The molecular formula is C17H16F2N4O3. The van der Waals surface area contributed by atoms with Crippen LogP contribution in [-0.4, -0.2) is 30.1 Å². The quantitative estimate of drug-likeness (QED) is 0.645. The second kappa shape index (κ2) is 7.34. The third kappa shape index (κ3) is 3.88. The molecule has 1 fully saturated rings. The second-order valence-electron chi connectivity index (χ2n) is 5.90. The number of anilines is 2. The molecule has 2 N–H and O–H groups in total. The molecule has 26 heavy (non-hydrogen) atoms. The minimum absolute atomic E-state index is 0.193. The third-order valence-corrected chi connectivity index (χ3v) is 4.11. The fraction of sp³-hybridized carbons (Fsp3) is 0.235. The molecule has 1 atom stereocenters. The molecular weight excluding hydrogens is 346 g/mol. The maximum absolute atomic E-state index is 13.8. The number of para-hydroxylation sites is 1. The van der Waals surface area contributed by atoms with E-state index in [0.717, 1.165) is 6.07 Å². The normalized spacial score (nSPS) is 16.4. The van der Waals surface area contributed by atoms with E-state index in [1.54, 1.807) is 4.90 Å². The summed E-state index contributed by atoms with van der Waals surface area (Å²) in [7, 11) is 0. The number of amides is 2. The number of rotatable bonds is 4.